The summed E-state index contributed by atoms with van der Waals surface area (Å²) in [7, 11) is -0.399. The second-order valence-corrected chi connectivity index (χ2v) is 5.96. The molecule has 0 saturated heterocycles. The van der Waals surface area contributed by atoms with Gasteiger partial charge in [0.2, 0.25) is 5.30 Å². The van der Waals surface area contributed by atoms with Gasteiger partial charge in [0, 0.05) is 11.0 Å². The topological polar surface area (TPSA) is 43.4 Å². The number of rotatable bonds is 3. The standard InChI is InChI=1S/C12H16O3P/c1-12(2,3)11(13)9-5-7-10(8-6-9)16(14)15-4/h5-8H,1-4H3/q+1. The van der Waals surface area contributed by atoms with Crippen LogP contribution in [0.3, 0.4) is 0 Å². The molecule has 0 aromatic heterocycles. The third kappa shape index (κ3) is 2.97. The number of benzene rings is 1. The summed E-state index contributed by atoms with van der Waals surface area (Å²) < 4.78 is 16.1. The van der Waals surface area contributed by atoms with Crippen LogP contribution in [0.2, 0.25) is 0 Å². The van der Waals surface area contributed by atoms with E-state index in [1.165, 1.54) is 7.11 Å². The molecule has 0 N–H and O–H groups in total. The normalized spacial score (nSPS) is 12.4. The zero-order valence-electron chi connectivity index (χ0n) is 9.98. The average Bonchev–Trinajstić information content (AvgIpc) is 2.26. The third-order valence-corrected chi connectivity index (χ3v) is 3.24. The maximum Gasteiger partial charge on any atom is 0.548 e. The molecule has 1 aromatic carbocycles. The molecule has 1 atom stereocenters. The second kappa shape index (κ2) is 4.86. The van der Waals surface area contributed by atoms with Crippen LogP contribution in [0.25, 0.3) is 0 Å². The van der Waals surface area contributed by atoms with E-state index in [1.54, 1.807) is 24.3 Å². The summed E-state index contributed by atoms with van der Waals surface area (Å²) >= 11 is 0. The van der Waals surface area contributed by atoms with Gasteiger partial charge in [-0.15, -0.1) is 4.52 Å². The maximum absolute atomic E-state index is 11.9. The summed E-state index contributed by atoms with van der Waals surface area (Å²) in [5.41, 5.74) is 0.237. The van der Waals surface area contributed by atoms with Crippen LogP contribution in [-0.4, -0.2) is 12.9 Å². The van der Waals surface area contributed by atoms with Crippen LogP contribution in [-0.2, 0) is 9.09 Å². The highest BCUT2D eigenvalue weighted by Crippen LogP contribution is 2.23. The van der Waals surface area contributed by atoms with E-state index in [0.717, 1.165) is 0 Å². The molecule has 0 radical (unpaired) electrons. The van der Waals surface area contributed by atoms with Gasteiger partial charge in [-0.2, -0.15) is 0 Å². The summed E-state index contributed by atoms with van der Waals surface area (Å²) in [6.07, 6.45) is 0. The molecule has 4 heteroatoms. The number of hydrogen-bond donors (Lipinski definition) is 0. The fraction of sp³-hybridized carbons (Fsp3) is 0.417. The molecule has 0 bridgehead atoms. The van der Waals surface area contributed by atoms with Crippen molar-refractivity contribution in [1.29, 1.82) is 0 Å². The van der Waals surface area contributed by atoms with Crippen LogP contribution in [0.5, 0.6) is 0 Å². The predicted molar refractivity (Wildman–Crippen MR) is 64.5 cm³/mol. The lowest BCUT2D eigenvalue weighted by Gasteiger charge is -2.16. The zero-order chi connectivity index (χ0) is 12.3. The molecule has 0 spiro atoms. The first-order chi connectivity index (χ1) is 7.36. The highest BCUT2D eigenvalue weighted by Gasteiger charge is 2.25. The van der Waals surface area contributed by atoms with Gasteiger partial charge in [-0.3, -0.25) is 4.79 Å². The third-order valence-electron chi connectivity index (χ3n) is 2.19. The Morgan fingerprint density at radius 2 is 1.69 bits per heavy atom. The molecule has 0 heterocycles. The van der Waals surface area contributed by atoms with Crippen LogP contribution in [0.15, 0.2) is 24.3 Å². The first-order valence-electron chi connectivity index (χ1n) is 5.02. The molecule has 0 saturated carbocycles. The van der Waals surface area contributed by atoms with Crippen molar-refractivity contribution >= 4 is 19.1 Å². The van der Waals surface area contributed by atoms with Crippen LogP contribution < -0.4 is 5.30 Å². The van der Waals surface area contributed by atoms with E-state index in [9.17, 15) is 9.36 Å². The Morgan fingerprint density at radius 1 is 1.19 bits per heavy atom. The lowest BCUT2D eigenvalue weighted by Crippen LogP contribution is -2.20. The molecule has 0 amide bonds. The molecule has 0 aliphatic heterocycles. The molecule has 3 nitrogen and oxygen atoms in total. The average molecular weight is 239 g/mol. The SMILES string of the molecule is CO[P+](=O)c1ccc(C(=O)C(C)(C)C)cc1. The molecular formula is C12H16O3P+. The van der Waals surface area contributed by atoms with E-state index in [4.69, 9.17) is 4.52 Å². The molecule has 1 rings (SSSR count). The Balaban J connectivity index is 2.96. The van der Waals surface area contributed by atoms with Crippen molar-refractivity contribution in [3.8, 4) is 0 Å². The highest BCUT2D eigenvalue weighted by molar-refractivity contribution is 7.48. The van der Waals surface area contributed by atoms with Crippen molar-refractivity contribution in [1.82, 2.24) is 0 Å². The van der Waals surface area contributed by atoms with Crippen molar-refractivity contribution in [2.24, 2.45) is 5.41 Å². The molecule has 86 valence electrons. The Hall–Kier alpha value is -1.05. The van der Waals surface area contributed by atoms with Gasteiger partial charge in [-0.25, -0.2) is 0 Å². The number of ketones is 1. The molecule has 1 aromatic rings. The van der Waals surface area contributed by atoms with Gasteiger partial charge < -0.3 is 0 Å². The first-order valence-corrected chi connectivity index (χ1v) is 6.20. The zero-order valence-corrected chi connectivity index (χ0v) is 10.9. The van der Waals surface area contributed by atoms with E-state index in [2.05, 4.69) is 0 Å². The molecule has 0 aliphatic rings. The van der Waals surface area contributed by atoms with Gasteiger partial charge in [0.1, 0.15) is 0 Å². The minimum atomic E-state index is -1.79. The maximum atomic E-state index is 11.9. The molecule has 0 fully saturated rings. The predicted octanol–water partition coefficient (Wildman–Crippen LogP) is 2.93. The van der Waals surface area contributed by atoms with E-state index >= 15 is 0 Å². The fourth-order valence-electron chi connectivity index (χ4n) is 1.27. The largest absolute Gasteiger partial charge is 0.548 e. The van der Waals surface area contributed by atoms with Crippen LogP contribution >= 0.6 is 8.03 Å². The van der Waals surface area contributed by atoms with Crippen molar-refractivity contribution in [2.75, 3.05) is 7.11 Å². The summed E-state index contributed by atoms with van der Waals surface area (Å²) in [5.74, 6) is 0.0756. The summed E-state index contributed by atoms with van der Waals surface area (Å²) in [6, 6.07) is 6.71. The number of carbonyl (C=O) groups is 1. The van der Waals surface area contributed by atoms with E-state index in [-0.39, 0.29) is 5.78 Å². The number of hydrogen-bond acceptors (Lipinski definition) is 3. The molecular weight excluding hydrogens is 223 g/mol. The number of Topliss-reactive ketones (excluding diaryl/α,β-unsaturated/α-hetero) is 1. The van der Waals surface area contributed by atoms with E-state index < -0.39 is 13.4 Å². The van der Waals surface area contributed by atoms with Gasteiger partial charge in [-0.05, 0) is 28.8 Å². The summed E-state index contributed by atoms with van der Waals surface area (Å²) in [4.78, 5) is 11.9. The Kier molecular flexibility index (Phi) is 3.95. The Morgan fingerprint density at radius 3 is 2.06 bits per heavy atom. The van der Waals surface area contributed by atoms with E-state index in [1.807, 2.05) is 20.8 Å². The smallest absolute Gasteiger partial charge is 0.294 e. The monoisotopic (exact) mass is 239 g/mol. The van der Waals surface area contributed by atoms with Crippen molar-refractivity contribution in [2.45, 2.75) is 20.8 Å². The highest BCUT2D eigenvalue weighted by atomic mass is 31.1. The van der Waals surface area contributed by atoms with Crippen molar-refractivity contribution < 1.29 is 13.9 Å². The first kappa shape index (κ1) is 13.0. The van der Waals surface area contributed by atoms with Gasteiger partial charge in [-0.1, -0.05) is 20.8 Å². The van der Waals surface area contributed by atoms with Gasteiger partial charge in [0.05, 0.1) is 7.11 Å². The summed E-state index contributed by atoms with van der Waals surface area (Å²) in [5, 5.41) is 0.600. The van der Waals surface area contributed by atoms with E-state index in [0.29, 0.717) is 10.9 Å². The summed E-state index contributed by atoms with van der Waals surface area (Å²) in [6.45, 7) is 5.62. The van der Waals surface area contributed by atoms with Crippen LogP contribution in [0, 0.1) is 5.41 Å². The van der Waals surface area contributed by atoms with Crippen LogP contribution in [0.1, 0.15) is 31.1 Å². The number of carbonyl (C=O) groups excluding carboxylic acids is 1. The lowest BCUT2D eigenvalue weighted by molar-refractivity contribution is 0.0858. The molecule has 1 unspecified atom stereocenters. The van der Waals surface area contributed by atoms with Crippen LogP contribution in [0.4, 0.5) is 0 Å². The van der Waals surface area contributed by atoms with Crippen molar-refractivity contribution in [3.05, 3.63) is 29.8 Å². The molecule has 16 heavy (non-hydrogen) atoms. The lowest BCUT2D eigenvalue weighted by atomic mass is 9.87. The van der Waals surface area contributed by atoms with Gasteiger partial charge >= 0.3 is 8.03 Å². The van der Waals surface area contributed by atoms with Gasteiger partial charge in [0.15, 0.2) is 5.78 Å². The van der Waals surface area contributed by atoms with Gasteiger partial charge in [0.25, 0.3) is 0 Å². The minimum absolute atomic E-state index is 0.0756. The molecule has 0 aliphatic carbocycles. The van der Waals surface area contributed by atoms with Crippen molar-refractivity contribution in [3.63, 3.8) is 0 Å². The minimum Gasteiger partial charge on any atom is -0.294 e. The second-order valence-electron chi connectivity index (χ2n) is 4.57. The quantitative estimate of drug-likeness (QED) is 0.601. The fourth-order valence-corrected chi connectivity index (χ4v) is 1.88. The Labute approximate surface area is 96.7 Å². The Bertz CT molecular complexity index is 401.